The van der Waals surface area contributed by atoms with Crippen LogP contribution in [0.5, 0.6) is 5.75 Å². The van der Waals surface area contributed by atoms with E-state index in [2.05, 4.69) is 0 Å². The third kappa shape index (κ3) is 3.32. The zero-order valence-electron chi connectivity index (χ0n) is 11.2. The Morgan fingerprint density at radius 3 is 2.53 bits per heavy atom. The fraction of sp³-hybridized carbons (Fsp3) is 0.250. The van der Waals surface area contributed by atoms with E-state index >= 15 is 0 Å². The smallest absolute Gasteiger partial charge is 0.129 e. The van der Waals surface area contributed by atoms with Gasteiger partial charge in [-0.2, -0.15) is 0 Å². The second kappa shape index (κ2) is 5.85. The monoisotopic (exact) mass is 259 g/mol. The average Bonchev–Trinajstić information content (AvgIpc) is 2.40. The molecule has 0 fully saturated rings. The molecule has 2 aromatic rings. The molecule has 2 aromatic carbocycles. The summed E-state index contributed by atoms with van der Waals surface area (Å²) >= 11 is 0. The average molecular weight is 259 g/mol. The molecule has 0 saturated heterocycles. The van der Waals surface area contributed by atoms with Crippen LogP contribution < -0.4 is 10.5 Å². The Hall–Kier alpha value is -1.87. The van der Waals surface area contributed by atoms with Gasteiger partial charge in [-0.15, -0.1) is 0 Å². The maximum Gasteiger partial charge on any atom is 0.129 e. The molecular weight excluding hydrogens is 241 g/mol. The Morgan fingerprint density at radius 2 is 1.84 bits per heavy atom. The summed E-state index contributed by atoms with van der Waals surface area (Å²) in [5.74, 6) is 0.245. The largest absolute Gasteiger partial charge is 0.492 e. The zero-order valence-corrected chi connectivity index (χ0v) is 11.2. The van der Waals surface area contributed by atoms with Crippen molar-refractivity contribution >= 4 is 0 Å². The molecular formula is C16H18FNO. The quantitative estimate of drug-likeness (QED) is 0.911. The molecule has 0 aliphatic rings. The summed E-state index contributed by atoms with van der Waals surface area (Å²) in [6, 6.07) is 12.5. The Bertz CT molecular complexity index is 568. The minimum absolute atomic E-state index is 0.217. The van der Waals surface area contributed by atoms with E-state index < -0.39 is 0 Å². The Morgan fingerprint density at radius 1 is 1.11 bits per heavy atom. The van der Waals surface area contributed by atoms with Gasteiger partial charge >= 0.3 is 0 Å². The van der Waals surface area contributed by atoms with Gasteiger partial charge in [0.1, 0.15) is 18.2 Å². The first-order valence-corrected chi connectivity index (χ1v) is 6.28. The van der Waals surface area contributed by atoms with E-state index in [0.717, 1.165) is 11.1 Å². The van der Waals surface area contributed by atoms with Gasteiger partial charge < -0.3 is 10.5 Å². The van der Waals surface area contributed by atoms with Gasteiger partial charge in [0.05, 0.1) is 6.04 Å². The Kier molecular flexibility index (Phi) is 4.17. The highest BCUT2D eigenvalue weighted by atomic mass is 19.1. The maximum atomic E-state index is 13.4. The number of hydrogen-bond acceptors (Lipinski definition) is 2. The molecule has 0 aromatic heterocycles. The summed E-state index contributed by atoms with van der Waals surface area (Å²) in [5, 5.41) is 0. The van der Waals surface area contributed by atoms with Crippen molar-refractivity contribution in [2.45, 2.75) is 19.9 Å². The van der Waals surface area contributed by atoms with Gasteiger partial charge in [0.25, 0.3) is 0 Å². The van der Waals surface area contributed by atoms with Gasteiger partial charge in [0.15, 0.2) is 0 Å². The topological polar surface area (TPSA) is 35.2 Å². The SMILES string of the molecule is Cc1ccc(OCC(N)c2ccccc2C)cc1F. The van der Waals surface area contributed by atoms with Gasteiger partial charge in [-0.3, -0.25) is 0 Å². The van der Waals surface area contributed by atoms with E-state index in [1.54, 1.807) is 19.1 Å². The van der Waals surface area contributed by atoms with Crippen molar-refractivity contribution in [2.24, 2.45) is 5.73 Å². The van der Waals surface area contributed by atoms with E-state index in [1.807, 2.05) is 31.2 Å². The molecule has 0 heterocycles. The summed E-state index contributed by atoms with van der Waals surface area (Å²) in [5.41, 5.74) is 8.88. The predicted molar refractivity (Wildman–Crippen MR) is 74.7 cm³/mol. The first-order chi connectivity index (χ1) is 9.08. The first-order valence-electron chi connectivity index (χ1n) is 6.28. The van der Waals surface area contributed by atoms with Crippen LogP contribution in [0.3, 0.4) is 0 Å². The van der Waals surface area contributed by atoms with E-state index in [0.29, 0.717) is 17.9 Å². The Labute approximate surface area is 113 Å². The van der Waals surface area contributed by atoms with Crippen LogP contribution in [0.15, 0.2) is 42.5 Å². The van der Waals surface area contributed by atoms with Gasteiger partial charge in [0, 0.05) is 6.07 Å². The second-order valence-corrected chi connectivity index (χ2v) is 4.69. The van der Waals surface area contributed by atoms with Crippen molar-refractivity contribution in [1.82, 2.24) is 0 Å². The van der Waals surface area contributed by atoms with Gasteiger partial charge in [-0.25, -0.2) is 4.39 Å². The second-order valence-electron chi connectivity index (χ2n) is 4.69. The van der Waals surface area contributed by atoms with Crippen LogP contribution >= 0.6 is 0 Å². The summed E-state index contributed by atoms with van der Waals surface area (Å²) in [6.07, 6.45) is 0. The summed E-state index contributed by atoms with van der Waals surface area (Å²) in [4.78, 5) is 0. The summed E-state index contributed by atoms with van der Waals surface area (Å²) in [6.45, 7) is 4.06. The highest BCUT2D eigenvalue weighted by Crippen LogP contribution is 2.19. The fourth-order valence-electron chi connectivity index (χ4n) is 1.94. The number of nitrogens with two attached hydrogens (primary N) is 1. The molecule has 0 aliphatic carbocycles. The number of hydrogen-bond donors (Lipinski definition) is 1. The first kappa shape index (κ1) is 13.6. The standard InChI is InChI=1S/C16H18FNO/c1-11-5-3-4-6-14(11)16(18)10-19-13-8-7-12(2)15(17)9-13/h3-9,16H,10,18H2,1-2H3. The van der Waals surface area contributed by atoms with Crippen molar-refractivity contribution in [1.29, 1.82) is 0 Å². The molecule has 0 spiro atoms. The zero-order chi connectivity index (χ0) is 13.8. The highest BCUT2D eigenvalue weighted by Gasteiger charge is 2.09. The number of benzene rings is 2. The molecule has 19 heavy (non-hydrogen) atoms. The lowest BCUT2D eigenvalue weighted by atomic mass is 10.0. The molecule has 2 N–H and O–H groups in total. The van der Waals surface area contributed by atoms with Crippen molar-refractivity contribution in [2.75, 3.05) is 6.61 Å². The van der Waals surface area contributed by atoms with Crippen LogP contribution in [-0.2, 0) is 0 Å². The van der Waals surface area contributed by atoms with Gasteiger partial charge in [-0.05, 0) is 36.6 Å². The number of aryl methyl sites for hydroxylation is 2. The van der Waals surface area contributed by atoms with E-state index in [9.17, 15) is 4.39 Å². The third-order valence-corrected chi connectivity index (χ3v) is 3.16. The van der Waals surface area contributed by atoms with Crippen molar-refractivity contribution in [3.63, 3.8) is 0 Å². The molecule has 0 amide bonds. The van der Waals surface area contributed by atoms with Crippen LogP contribution in [0.1, 0.15) is 22.7 Å². The Balaban J connectivity index is 2.02. The normalized spacial score (nSPS) is 12.2. The summed E-state index contributed by atoms with van der Waals surface area (Å²) in [7, 11) is 0. The molecule has 1 atom stereocenters. The van der Waals surface area contributed by atoms with Gasteiger partial charge in [0.2, 0.25) is 0 Å². The lowest BCUT2D eigenvalue weighted by molar-refractivity contribution is 0.289. The molecule has 100 valence electrons. The van der Waals surface area contributed by atoms with Crippen molar-refractivity contribution < 1.29 is 9.13 Å². The molecule has 1 unspecified atom stereocenters. The van der Waals surface area contributed by atoms with Crippen LogP contribution in [0.25, 0.3) is 0 Å². The fourth-order valence-corrected chi connectivity index (χ4v) is 1.94. The van der Waals surface area contributed by atoms with E-state index in [-0.39, 0.29) is 11.9 Å². The van der Waals surface area contributed by atoms with Crippen molar-refractivity contribution in [3.05, 3.63) is 65.0 Å². The molecule has 0 aliphatic heterocycles. The van der Waals surface area contributed by atoms with Crippen LogP contribution in [0, 0.1) is 19.7 Å². The minimum atomic E-state index is -0.262. The molecule has 3 heteroatoms. The van der Waals surface area contributed by atoms with Gasteiger partial charge in [-0.1, -0.05) is 30.3 Å². The summed E-state index contributed by atoms with van der Waals surface area (Å²) < 4.78 is 18.9. The van der Waals surface area contributed by atoms with E-state index in [1.165, 1.54) is 6.07 Å². The highest BCUT2D eigenvalue weighted by molar-refractivity contribution is 5.30. The minimum Gasteiger partial charge on any atom is -0.492 e. The molecule has 0 bridgehead atoms. The van der Waals surface area contributed by atoms with Crippen LogP contribution in [-0.4, -0.2) is 6.61 Å². The number of ether oxygens (including phenoxy) is 1. The van der Waals surface area contributed by atoms with Crippen molar-refractivity contribution in [3.8, 4) is 5.75 Å². The van der Waals surface area contributed by atoms with E-state index in [4.69, 9.17) is 10.5 Å². The maximum absolute atomic E-state index is 13.4. The molecule has 0 radical (unpaired) electrons. The third-order valence-electron chi connectivity index (χ3n) is 3.16. The molecule has 0 saturated carbocycles. The molecule has 2 nitrogen and oxygen atoms in total. The predicted octanol–water partition coefficient (Wildman–Crippen LogP) is 3.52. The molecule has 2 rings (SSSR count). The number of halogens is 1. The lowest BCUT2D eigenvalue weighted by Gasteiger charge is -2.16. The van der Waals surface area contributed by atoms with Crippen LogP contribution in [0.2, 0.25) is 0 Å². The number of rotatable bonds is 4. The lowest BCUT2D eigenvalue weighted by Crippen LogP contribution is -2.20. The van der Waals surface area contributed by atoms with Crippen LogP contribution in [0.4, 0.5) is 4.39 Å².